The lowest BCUT2D eigenvalue weighted by molar-refractivity contribution is 0.135. The first-order valence-electron chi connectivity index (χ1n) is 5.20. The second kappa shape index (κ2) is 15.6. The molecule has 120 valence electrons. The summed E-state index contributed by atoms with van der Waals surface area (Å²) >= 11 is 0. The van der Waals surface area contributed by atoms with Crippen LogP contribution in [0, 0.1) is 0 Å². The summed E-state index contributed by atoms with van der Waals surface area (Å²) in [6.07, 6.45) is -3.62. The summed E-state index contributed by atoms with van der Waals surface area (Å²) in [5, 5.41) is 0. The van der Waals surface area contributed by atoms with Crippen LogP contribution in [-0.2, 0) is 10.4 Å². The Hall–Kier alpha value is -0.490. The van der Waals surface area contributed by atoms with Crippen LogP contribution in [0.1, 0.15) is 25.7 Å². The molecule has 6 N–H and O–H groups in total. The van der Waals surface area contributed by atoms with Gasteiger partial charge in [-0.1, -0.05) is 0 Å². The molecule has 0 fully saturated rings. The molecule has 0 spiro atoms. The van der Waals surface area contributed by atoms with Crippen molar-refractivity contribution in [1.29, 1.82) is 0 Å². The molecule has 0 aliphatic heterocycles. The molecule has 0 saturated heterocycles. The largest absolute Gasteiger partial charge is 0.394 e. The minimum Gasteiger partial charge on any atom is -0.330 e. The minimum atomic E-state index is -4.67. The average Bonchev–Trinajstić information content (AvgIpc) is 2.22. The lowest BCUT2D eigenvalue weighted by Gasteiger charge is -1.92. The third-order valence-electron chi connectivity index (χ3n) is 1.25. The number of alkyl halides is 4. The van der Waals surface area contributed by atoms with Crippen LogP contribution < -0.4 is 11.5 Å². The molecule has 0 amide bonds. The Balaban J connectivity index is -0.000000206. The Bertz CT molecular complexity index is 245. The van der Waals surface area contributed by atoms with Crippen molar-refractivity contribution < 1.29 is 35.1 Å². The normalized spacial score (nSPS) is 10.6. The van der Waals surface area contributed by atoms with Crippen LogP contribution in [0.2, 0.25) is 0 Å². The molecule has 0 bridgehead atoms. The van der Waals surface area contributed by atoms with Gasteiger partial charge in [0.2, 0.25) is 12.9 Å². The smallest absolute Gasteiger partial charge is 0.330 e. The molecule has 0 aliphatic carbocycles. The first-order valence-corrected chi connectivity index (χ1v) is 6.60. The maximum absolute atomic E-state index is 11.2. The van der Waals surface area contributed by atoms with E-state index in [0.29, 0.717) is 25.9 Å². The Morgan fingerprint density at radius 1 is 0.842 bits per heavy atom. The van der Waals surface area contributed by atoms with Gasteiger partial charge in [0.25, 0.3) is 0 Å². The Labute approximate surface area is 109 Å². The maximum atomic E-state index is 11.2. The van der Waals surface area contributed by atoms with E-state index in [1.165, 1.54) is 0 Å². The number of hydrogen-bond acceptors (Lipinski definition) is 4. The highest BCUT2D eigenvalue weighted by molar-refractivity contribution is 7.79. The van der Waals surface area contributed by atoms with Crippen molar-refractivity contribution in [2.75, 3.05) is 13.1 Å². The summed E-state index contributed by atoms with van der Waals surface area (Å²) < 4.78 is 76.2. The molecule has 0 rings (SSSR count). The summed E-state index contributed by atoms with van der Waals surface area (Å²) in [6, 6.07) is 0. The molecule has 19 heavy (non-hydrogen) atoms. The van der Waals surface area contributed by atoms with Crippen LogP contribution in [-0.4, -0.2) is 43.5 Å². The molecule has 6 nitrogen and oxygen atoms in total. The lowest BCUT2D eigenvalue weighted by Crippen LogP contribution is -2.01. The van der Waals surface area contributed by atoms with Crippen LogP contribution in [0.15, 0.2) is 0 Å². The van der Waals surface area contributed by atoms with Crippen molar-refractivity contribution in [3.63, 3.8) is 0 Å². The van der Waals surface area contributed by atoms with Crippen LogP contribution in [0.5, 0.6) is 0 Å². The zero-order valence-electron chi connectivity index (χ0n) is 10.2. The molecular formula is C8H20F4N2O4S. The SMILES string of the molecule is NCCCC(F)F.NCCCC(F)F.O=S(=O)(O)O. The zero-order valence-corrected chi connectivity index (χ0v) is 11.0. The molecule has 11 heteroatoms. The summed E-state index contributed by atoms with van der Waals surface area (Å²) in [4.78, 5) is 0. The van der Waals surface area contributed by atoms with Crippen molar-refractivity contribution in [3.05, 3.63) is 0 Å². The van der Waals surface area contributed by atoms with Crippen molar-refractivity contribution in [2.24, 2.45) is 11.5 Å². The molecular weight excluding hydrogens is 296 g/mol. The van der Waals surface area contributed by atoms with Gasteiger partial charge in [0, 0.05) is 12.8 Å². The number of nitrogens with two attached hydrogens (primary N) is 2. The fourth-order valence-electron chi connectivity index (χ4n) is 0.544. The Morgan fingerprint density at radius 2 is 1.05 bits per heavy atom. The number of rotatable bonds is 6. The summed E-state index contributed by atoms with van der Waals surface area (Å²) in [5.41, 5.74) is 9.89. The summed E-state index contributed by atoms with van der Waals surface area (Å²) in [7, 11) is -4.67. The van der Waals surface area contributed by atoms with Gasteiger partial charge in [0.1, 0.15) is 0 Å². The molecule has 0 saturated carbocycles. The molecule has 0 aromatic heterocycles. The van der Waals surface area contributed by atoms with Crippen molar-refractivity contribution >= 4 is 10.4 Å². The van der Waals surface area contributed by atoms with E-state index >= 15 is 0 Å². The predicted molar refractivity (Wildman–Crippen MR) is 62.8 cm³/mol. The monoisotopic (exact) mass is 316 g/mol. The second-order valence-electron chi connectivity index (χ2n) is 3.09. The second-order valence-corrected chi connectivity index (χ2v) is 3.99. The highest BCUT2D eigenvalue weighted by Gasteiger charge is 1.98. The lowest BCUT2D eigenvalue weighted by atomic mass is 10.3. The Morgan fingerprint density at radius 3 is 1.11 bits per heavy atom. The summed E-state index contributed by atoms with van der Waals surface area (Å²) in [5.74, 6) is 0. The van der Waals surface area contributed by atoms with E-state index in [-0.39, 0.29) is 12.8 Å². The first-order chi connectivity index (χ1) is 8.54. The summed E-state index contributed by atoms with van der Waals surface area (Å²) in [6.45, 7) is 0.731. The van der Waals surface area contributed by atoms with Gasteiger partial charge >= 0.3 is 10.4 Å². The predicted octanol–water partition coefficient (Wildman–Crippen LogP) is 1.33. The molecule has 0 atom stereocenters. The topological polar surface area (TPSA) is 127 Å². The van der Waals surface area contributed by atoms with E-state index in [1.54, 1.807) is 0 Å². The fourth-order valence-corrected chi connectivity index (χ4v) is 0.544. The molecule has 0 aromatic rings. The maximum Gasteiger partial charge on any atom is 0.394 e. The number of halogens is 4. The van der Waals surface area contributed by atoms with Crippen molar-refractivity contribution in [3.8, 4) is 0 Å². The molecule has 0 radical (unpaired) electrons. The van der Waals surface area contributed by atoms with Gasteiger partial charge in [-0.05, 0) is 25.9 Å². The third-order valence-corrected chi connectivity index (χ3v) is 1.25. The van der Waals surface area contributed by atoms with E-state index in [9.17, 15) is 17.6 Å². The quantitative estimate of drug-likeness (QED) is 0.432. The molecule has 0 aliphatic rings. The van der Waals surface area contributed by atoms with Crippen molar-refractivity contribution in [1.82, 2.24) is 0 Å². The average molecular weight is 316 g/mol. The molecule has 0 unspecified atom stereocenters. The van der Waals surface area contributed by atoms with Crippen LogP contribution in [0.3, 0.4) is 0 Å². The highest BCUT2D eigenvalue weighted by Crippen LogP contribution is 2.00. The van der Waals surface area contributed by atoms with Gasteiger partial charge in [-0.15, -0.1) is 0 Å². The van der Waals surface area contributed by atoms with E-state index in [1.807, 2.05) is 0 Å². The van der Waals surface area contributed by atoms with Gasteiger partial charge < -0.3 is 11.5 Å². The van der Waals surface area contributed by atoms with Gasteiger partial charge in [-0.2, -0.15) is 8.42 Å². The molecule has 0 heterocycles. The standard InChI is InChI=1S/2C4H9F2N.H2O4S/c2*5-4(6)2-1-3-7;1-5(2,3)4/h2*4H,1-3,7H2;(H2,1,2,3,4). The molecule has 0 aromatic carbocycles. The zero-order chi connectivity index (χ0) is 15.9. The van der Waals surface area contributed by atoms with Gasteiger partial charge in [-0.3, -0.25) is 9.11 Å². The highest BCUT2D eigenvalue weighted by atomic mass is 32.3. The van der Waals surface area contributed by atoms with E-state index in [4.69, 9.17) is 29.0 Å². The van der Waals surface area contributed by atoms with E-state index < -0.39 is 23.2 Å². The van der Waals surface area contributed by atoms with Gasteiger partial charge in [0.05, 0.1) is 0 Å². The van der Waals surface area contributed by atoms with Gasteiger partial charge in [0.15, 0.2) is 0 Å². The number of hydrogen-bond donors (Lipinski definition) is 4. The van der Waals surface area contributed by atoms with Crippen LogP contribution >= 0.6 is 0 Å². The van der Waals surface area contributed by atoms with E-state index in [0.717, 1.165) is 0 Å². The van der Waals surface area contributed by atoms with Crippen molar-refractivity contribution in [2.45, 2.75) is 38.5 Å². The minimum absolute atomic E-state index is 0.0590. The van der Waals surface area contributed by atoms with E-state index in [2.05, 4.69) is 0 Å². The fraction of sp³-hybridized carbons (Fsp3) is 1.00. The van der Waals surface area contributed by atoms with Crippen LogP contribution in [0.4, 0.5) is 17.6 Å². The Kier molecular flexibility index (Phi) is 19.3. The first kappa shape index (κ1) is 23.6. The van der Waals surface area contributed by atoms with Crippen LogP contribution in [0.25, 0.3) is 0 Å². The van der Waals surface area contributed by atoms with Gasteiger partial charge in [-0.25, -0.2) is 17.6 Å². The third kappa shape index (κ3) is 74.7.